The molecule has 0 aliphatic carbocycles. The molecule has 4 rings (SSSR count). The third-order valence-corrected chi connectivity index (χ3v) is 5.87. The largest absolute Gasteiger partial charge is 0.467 e. The third-order valence-electron chi connectivity index (χ3n) is 5.87. The molecule has 1 aromatic heterocycles. The first-order chi connectivity index (χ1) is 13.2. The summed E-state index contributed by atoms with van der Waals surface area (Å²) in [5.74, 6) is 1.06. The summed E-state index contributed by atoms with van der Waals surface area (Å²) in [6.07, 6.45) is 5.95. The molecule has 2 bridgehead atoms. The van der Waals surface area contributed by atoms with Crippen LogP contribution in [-0.2, 0) is 11.3 Å². The van der Waals surface area contributed by atoms with Crippen LogP contribution in [0.1, 0.15) is 49.5 Å². The Morgan fingerprint density at radius 2 is 1.89 bits per heavy atom. The summed E-state index contributed by atoms with van der Waals surface area (Å²) in [4.78, 5) is 14.9. The molecule has 2 saturated heterocycles. The van der Waals surface area contributed by atoms with Gasteiger partial charge in [-0.15, -0.1) is 0 Å². The van der Waals surface area contributed by atoms with Gasteiger partial charge in [-0.25, -0.2) is 0 Å². The number of aliphatic hydroxyl groups is 1. The van der Waals surface area contributed by atoms with Crippen molar-refractivity contribution >= 4 is 5.91 Å². The molecule has 3 heterocycles. The van der Waals surface area contributed by atoms with Crippen LogP contribution in [-0.4, -0.2) is 34.5 Å². The van der Waals surface area contributed by atoms with Gasteiger partial charge in [0.2, 0.25) is 5.91 Å². The van der Waals surface area contributed by atoms with Gasteiger partial charge in [-0.2, -0.15) is 0 Å². The van der Waals surface area contributed by atoms with Crippen LogP contribution in [0.3, 0.4) is 0 Å². The number of carbonyl (C=O) groups excluding carboxylic acids is 1. The fourth-order valence-electron chi connectivity index (χ4n) is 4.56. The van der Waals surface area contributed by atoms with Crippen molar-refractivity contribution in [3.05, 3.63) is 60.1 Å². The van der Waals surface area contributed by atoms with Crippen molar-refractivity contribution in [3.8, 4) is 0 Å². The van der Waals surface area contributed by atoms with Gasteiger partial charge in [0.05, 0.1) is 12.8 Å². The van der Waals surface area contributed by atoms with Crippen LogP contribution < -0.4 is 5.32 Å². The smallest absolute Gasteiger partial charge is 0.223 e. The molecule has 3 unspecified atom stereocenters. The Morgan fingerprint density at radius 3 is 2.56 bits per heavy atom. The number of nitrogens with one attached hydrogen (secondary N) is 1. The van der Waals surface area contributed by atoms with Crippen LogP contribution in [0.2, 0.25) is 0 Å². The number of piperidine rings is 1. The molecule has 27 heavy (non-hydrogen) atoms. The molecule has 0 radical (unpaired) electrons. The molecule has 2 fully saturated rings. The van der Waals surface area contributed by atoms with Gasteiger partial charge in [0.15, 0.2) is 0 Å². The van der Waals surface area contributed by atoms with Crippen molar-refractivity contribution in [2.24, 2.45) is 5.92 Å². The predicted molar refractivity (Wildman–Crippen MR) is 103 cm³/mol. The van der Waals surface area contributed by atoms with E-state index in [2.05, 4.69) is 5.32 Å². The van der Waals surface area contributed by atoms with Crippen molar-refractivity contribution in [1.82, 2.24) is 10.2 Å². The molecule has 2 aliphatic heterocycles. The molecule has 0 spiro atoms. The number of carbonyl (C=O) groups is 1. The number of furan rings is 1. The van der Waals surface area contributed by atoms with E-state index in [1.54, 1.807) is 23.3 Å². The van der Waals surface area contributed by atoms with E-state index in [4.69, 9.17) is 4.42 Å². The minimum Gasteiger partial charge on any atom is -0.467 e. The molecule has 1 aromatic carbocycles. The van der Waals surface area contributed by atoms with Gasteiger partial charge >= 0.3 is 0 Å². The molecule has 0 saturated carbocycles. The average Bonchev–Trinajstić information content (AvgIpc) is 3.32. The highest BCUT2D eigenvalue weighted by Crippen LogP contribution is 2.33. The molecular weight excluding hydrogens is 340 g/mol. The van der Waals surface area contributed by atoms with Crippen LogP contribution in [0.15, 0.2) is 53.1 Å². The van der Waals surface area contributed by atoms with Gasteiger partial charge in [-0.05, 0) is 49.3 Å². The van der Waals surface area contributed by atoms with Crippen LogP contribution in [0.5, 0.6) is 0 Å². The normalized spacial score (nSPS) is 25.3. The summed E-state index contributed by atoms with van der Waals surface area (Å²) in [6, 6.07) is 14.6. The third kappa shape index (κ3) is 4.60. The number of fused-ring (bicyclic) bond motifs is 2. The first-order valence-electron chi connectivity index (χ1n) is 9.96. The first kappa shape index (κ1) is 18.3. The topological polar surface area (TPSA) is 65.7 Å². The van der Waals surface area contributed by atoms with Gasteiger partial charge in [0.25, 0.3) is 0 Å². The number of hydrogen-bond acceptors (Lipinski definition) is 4. The van der Waals surface area contributed by atoms with E-state index >= 15 is 0 Å². The van der Waals surface area contributed by atoms with Crippen molar-refractivity contribution in [3.63, 3.8) is 0 Å². The summed E-state index contributed by atoms with van der Waals surface area (Å²) in [6.45, 7) is 0.758. The number of amides is 1. The Balaban J connectivity index is 1.43. The number of nitrogens with zero attached hydrogens (tertiary/aromatic N) is 1. The monoisotopic (exact) mass is 368 g/mol. The van der Waals surface area contributed by atoms with E-state index < -0.39 is 6.10 Å². The fourth-order valence-corrected chi connectivity index (χ4v) is 4.56. The lowest BCUT2D eigenvalue weighted by atomic mass is 9.89. The maximum Gasteiger partial charge on any atom is 0.223 e. The molecular formula is C22H28N2O3. The quantitative estimate of drug-likeness (QED) is 0.787. The standard InChI is InChI=1S/C22H28N2O3/c25-20(21-7-4-10-27-21)15-24(14-16-5-2-1-3-6-16)22(26)13-17-11-18-8-9-19(12-17)23-18/h1-7,10,17-20,23,25H,8-9,11-15H2. The van der Waals surface area contributed by atoms with Crippen LogP contribution in [0.25, 0.3) is 0 Å². The highest BCUT2D eigenvalue weighted by Gasteiger charge is 2.35. The molecule has 5 heteroatoms. The summed E-state index contributed by atoms with van der Waals surface area (Å²) in [5, 5.41) is 14.1. The highest BCUT2D eigenvalue weighted by molar-refractivity contribution is 5.76. The Morgan fingerprint density at radius 1 is 1.15 bits per heavy atom. The summed E-state index contributed by atoms with van der Waals surface area (Å²) in [7, 11) is 0. The van der Waals surface area contributed by atoms with Crippen molar-refractivity contribution in [1.29, 1.82) is 0 Å². The molecule has 5 nitrogen and oxygen atoms in total. The Hall–Kier alpha value is -2.11. The minimum absolute atomic E-state index is 0.121. The maximum atomic E-state index is 13.1. The highest BCUT2D eigenvalue weighted by atomic mass is 16.4. The summed E-state index contributed by atoms with van der Waals surface area (Å²) < 4.78 is 5.32. The molecule has 144 valence electrons. The second-order valence-corrected chi connectivity index (χ2v) is 7.97. The van der Waals surface area contributed by atoms with E-state index in [9.17, 15) is 9.90 Å². The zero-order chi connectivity index (χ0) is 18.6. The van der Waals surface area contributed by atoms with E-state index in [0.29, 0.717) is 36.7 Å². The fraction of sp³-hybridized carbons (Fsp3) is 0.500. The van der Waals surface area contributed by atoms with Crippen LogP contribution in [0, 0.1) is 5.92 Å². The molecule has 2 aliphatic rings. The van der Waals surface area contributed by atoms with Crippen LogP contribution >= 0.6 is 0 Å². The number of hydrogen-bond donors (Lipinski definition) is 2. The zero-order valence-electron chi connectivity index (χ0n) is 15.6. The van der Waals surface area contributed by atoms with E-state index in [0.717, 1.165) is 18.4 Å². The SMILES string of the molecule is O=C(CC1CC2CCC(C1)N2)N(Cc1ccccc1)CC(O)c1ccco1. The number of benzene rings is 1. The Kier molecular flexibility index (Phi) is 5.60. The number of aliphatic hydroxyl groups excluding tert-OH is 1. The molecule has 1 amide bonds. The van der Waals surface area contributed by atoms with Gasteiger partial charge in [0, 0.05) is 25.0 Å². The second-order valence-electron chi connectivity index (χ2n) is 7.97. The van der Waals surface area contributed by atoms with Gasteiger partial charge in [-0.3, -0.25) is 4.79 Å². The zero-order valence-corrected chi connectivity index (χ0v) is 15.6. The Bertz CT molecular complexity index is 719. The van der Waals surface area contributed by atoms with E-state index in [1.165, 1.54) is 12.8 Å². The number of rotatable bonds is 7. The van der Waals surface area contributed by atoms with Gasteiger partial charge < -0.3 is 19.7 Å². The minimum atomic E-state index is -0.808. The van der Waals surface area contributed by atoms with Gasteiger partial charge in [-0.1, -0.05) is 30.3 Å². The van der Waals surface area contributed by atoms with Crippen molar-refractivity contribution in [2.45, 2.75) is 56.8 Å². The van der Waals surface area contributed by atoms with Crippen molar-refractivity contribution < 1.29 is 14.3 Å². The van der Waals surface area contributed by atoms with Crippen LogP contribution in [0.4, 0.5) is 0 Å². The van der Waals surface area contributed by atoms with E-state index in [1.807, 2.05) is 30.3 Å². The predicted octanol–water partition coefficient (Wildman–Crippen LogP) is 3.26. The van der Waals surface area contributed by atoms with Crippen molar-refractivity contribution in [2.75, 3.05) is 6.54 Å². The lowest BCUT2D eigenvalue weighted by Gasteiger charge is -2.31. The molecule has 2 aromatic rings. The lowest BCUT2D eigenvalue weighted by Crippen LogP contribution is -2.41. The lowest BCUT2D eigenvalue weighted by molar-refractivity contribution is -0.134. The maximum absolute atomic E-state index is 13.1. The summed E-state index contributed by atoms with van der Waals surface area (Å²) in [5.41, 5.74) is 1.07. The first-order valence-corrected chi connectivity index (χ1v) is 9.96. The summed E-state index contributed by atoms with van der Waals surface area (Å²) >= 11 is 0. The molecule has 3 atom stereocenters. The molecule has 2 N–H and O–H groups in total. The average molecular weight is 368 g/mol. The van der Waals surface area contributed by atoms with Gasteiger partial charge in [0.1, 0.15) is 11.9 Å². The Labute approximate surface area is 160 Å². The van der Waals surface area contributed by atoms with E-state index in [-0.39, 0.29) is 12.5 Å². The second kappa shape index (κ2) is 8.28.